The van der Waals surface area contributed by atoms with Crippen LogP contribution in [0.3, 0.4) is 0 Å². The van der Waals surface area contributed by atoms with E-state index in [-0.39, 0.29) is 56.7 Å². The van der Waals surface area contributed by atoms with Gasteiger partial charge < -0.3 is 25.0 Å². The van der Waals surface area contributed by atoms with Crippen molar-refractivity contribution in [1.29, 1.82) is 0 Å². The van der Waals surface area contributed by atoms with Crippen LogP contribution in [0.1, 0.15) is 51.0 Å². The summed E-state index contributed by atoms with van der Waals surface area (Å²) < 4.78 is 54.3. The molecule has 7 nitrogen and oxygen atoms in total. The van der Waals surface area contributed by atoms with Crippen LogP contribution in [0.4, 0.5) is 19.0 Å². The molecular formula is C37H38F3N5O2. The number of likely N-dealkylation sites (tertiary alicyclic amines) is 1. The van der Waals surface area contributed by atoms with Gasteiger partial charge in [-0.05, 0) is 80.6 Å². The molecule has 3 aliphatic heterocycles. The van der Waals surface area contributed by atoms with E-state index in [2.05, 4.69) is 32.9 Å². The maximum absolute atomic E-state index is 16.9. The zero-order valence-corrected chi connectivity index (χ0v) is 26.5. The number of nitrogens with one attached hydrogen (secondary N) is 1. The Morgan fingerprint density at radius 1 is 1.04 bits per heavy atom. The Morgan fingerprint density at radius 2 is 1.83 bits per heavy atom. The van der Waals surface area contributed by atoms with Crippen molar-refractivity contribution in [2.24, 2.45) is 11.3 Å². The molecule has 1 saturated carbocycles. The van der Waals surface area contributed by atoms with Crippen molar-refractivity contribution < 1.29 is 23.0 Å². The van der Waals surface area contributed by atoms with Crippen molar-refractivity contribution in [1.82, 2.24) is 20.2 Å². The molecule has 244 valence electrons. The van der Waals surface area contributed by atoms with Gasteiger partial charge >= 0.3 is 6.01 Å². The number of rotatable bonds is 7. The van der Waals surface area contributed by atoms with E-state index in [1.54, 1.807) is 0 Å². The number of aromatic nitrogens is 2. The van der Waals surface area contributed by atoms with E-state index in [9.17, 15) is 9.50 Å². The number of hydrogen-bond donors (Lipinski definition) is 2. The first-order valence-corrected chi connectivity index (χ1v) is 16.7. The summed E-state index contributed by atoms with van der Waals surface area (Å²) in [6, 6.07) is 7.00. The number of nitrogens with zero attached hydrogens (tertiary/aromatic N) is 4. The molecule has 0 amide bonds. The molecule has 3 aromatic carbocycles. The summed E-state index contributed by atoms with van der Waals surface area (Å²) in [5.74, 6) is 0.657. The van der Waals surface area contributed by atoms with Crippen LogP contribution in [0, 0.1) is 41.1 Å². The summed E-state index contributed by atoms with van der Waals surface area (Å²) in [7, 11) is 0. The Hall–Kier alpha value is -4.07. The van der Waals surface area contributed by atoms with Crippen molar-refractivity contribution in [2.45, 2.75) is 57.5 Å². The molecular weight excluding hydrogens is 603 g/mol. The van der Waals surface area contributed by atoms with Crippen LogP contribution in [0.2, 0.25) is 0 Å². The second kappa shape index (κ2) is 11.6. The van der Waals surface area contributed by atoms with Crippen molar-refractivity contribution in [2.75, 3.05) is 44.2 Å². The highest BCUT2D eigenvalue weighted by Gasteiger charge is 2.45. The minimum atomic E-state index is -0.950. The zero-order valence-electron chi connectivity index (χ0n) is 26.5. The number of fused-ring (bicyclic) bond motifs is 4. The highest BCUT2D eigenvalue weighted by Crippen LogP contribution is 2.47. The largest absolute Gasteiger partial charge is 0.508 e. The van der Waals surface area contributed by atoms with Gasteiger partial charge in [-0.2, -0.15) is 9.97 Å². The molecule has 10 heteroatoms. The summed E-state index contributed by atoms with van der Waals surface area (Å²) in [5.41, 5.74) is -0.740. The molecule has 3 atom stereocenters. The summed E-state index contributed by atoms with van der Waals surface area (Å²) in [6.45, 7) is 7.11. The highest BCUT2D eigenvalue weighted by atomic mass is 19.1. The normalized spacial score (nSPS) is 23.7. The standard InChI is InChI=1S/C37H38F3N5O2/c1-3-26-29(38)9-6-22-13-25(46)14-27(31(22)26)32-30(39)15-28-34(33(32)40)42-36(43-35(28)45-17-23-7-8-24(18-45)41-23)47-20-37(10-11-37)19-44-12-4-5-21(2)16-44/h1,6,9,13-15,21,23-24,41,46H,4-5,7-8,10-12,16-20H2,2H3/t21-,23?,24?/m1/s1. The fourth-order valence-corrected chi connectivity index (χ4v) is 8.09. The first-order valence-electron chi connectivity index (χ1n) is 16.7. The Bertz CT molecular complexity index is 1930. The van der Waals surface area contributed by atoms with Crippen LogP contribution in [0.15, 0.2) is 30.3 Å². The lowest BCUT2D eigenvalue weighted by Gasteiger charge is -2.34. The van der Waals surface area contributed by atoms with E-state index in [1.165, 1.54) is 43.2 Å². The third kappa shape index (κ3) is 5.53. The van der Waals surface area contributed by atoms with E-state index < -0.39 is 23.0 Å². The fourth-order valence-electron chi connectivity index (χ4n) is 8.09. The average Bonchev–Trinajstić information content (AvgIpc) is 3.73. The van der Waals surface area contributed by atoms with Gasteiger partial charge in [0.15, 0.2) is 5.82 Å². The quantitative estimate of drug-likeness (QED) is 0.227. The molecule has 0 radical (unpaired) electrons. The molecule has 3 saturated heterocycles. The Kier molecular flexibility index (Phi) is 7.45. The van der Waals surface area contributed by atoms with Crippen molar-refractivity contribution in [3.05, 3.63) is 53.3 Å². The van der Waals surface area contributed by atoms with Gasteiger partial charge in [-0.1, -0.05) is 18.9 Å². The topological polar surface area (TPSA) is 73.8 Å². The van der Waals surface area contributed by atoms with Crippen molar-refractivity contribution >= 4 is 27.5 Å². The number of benzene rings is 3. The molecule has 2 N–H and O–H groups in total. The van der Waals surface area contributed by atoms with Crippen LogP contribution < -0.4 is 15.0 Å². The van der Waals surface area contributed by atoms with Gasteiger partial charge in [0.05, 0.1) is 17.7 Å². The molecule has 4 fully saturated rings. The maximum Gasteiger partial charge on any atom is 0.319 e. The number of phenolic OH excluding ortho intramolecular Hbond substituents is 1. The number of piperidine rings is 1. The molecule has 1 aromatic heterocycles. The number of piperazine rings is 1. The lowest BCUT2D eigenvalue weighted by molar-refractivity contribution is 0.119. The maximum atomic E-state index is 16.9. The van der Waals surface area contributed by atoms with Crippen LogP contribution in [0.25, 0.3) is 32.8 Å². The number of aromatic hydroxyl groups is 1. The first-order chi connectivity index (χ1) is 22.7. The van der Waals surface area contributed by atoms with E-state index in [1.807, 2.05) is 0 Å². The molecule has 47 heavy (non-hydrogen) atoms. The minimum Gasteiger partial charge on any atom is -0.508 e. The number of ether oxygens (including phenoxy) is 1. The molecule has 4 heterocycles. The lowest BCUT2D eigenvalue weighted by atomic mass is 9.92. The third-order valence-corrected chi connectivity index (χ3v) is 10.6. The Labute approximate surface area is 272 Å². The van der Waals surface area contributed by atoms with Gasteiger partial charge in [0.2, 0.25) is 0 Å². The van der Waals surface area contributed by atoms with Crippen LogP contribution >= 0.6 is 0 Å². The number of anilines is 1. The average molecular weight is 642 g/mol. The predicted octanol–water partition coefficient (Wildman–Crippen LogP) is 6.39. The minimum absolute atomic E-state index is 0.00632. The summed E-state index contributed by atoms with van der Waals surface area (Å²) >= 11 is 0. The monoisotopic (exact) mass is 641 g/mol. The Morgan fingerprint density at radius 3 is 2.55 bits per heavy atom. The fraction of sp³-hybridized carbons (Fsp3) is 0.459. The molecule has 2 bridgehead atoms. The number of hydrogen-bond acceptors (Lipinski definition) is 7. The molecule has 4 aliphatic rings. The summed E-state index contributed by atoms with van der Waals surface area (Å²) in [6.07, 6.45) is 12.3. The van der Waals surface area contributed by atoms with Gasteiger partial charge in [0.25, 0.3) is 0 Å². The van der Waals surface area contributed by atoms with Gasteiger partial charge in [-0.25, -0.2) is 13.2 Å². The first kappa shape index (κ1) is 30.3. The number of phenols is 1. The van der Waals surface area contributed by atoms with E-state index in [4.69, 9.17) is 16.1 Å². The number of halogens is 3. The van der Waals surface area contributed by atoms with Gasteiger partial charge in [-0.15, -0.1) is 6.42 Å². The van der Waals surface area contributed by atoms with E-state index in [0.29, 0.717) is 36.8 Å². The van der Waals surface area contributed by atoms with Crippen LogP contribution in [-0.4, -0.2) is 71.4 Å². The molecule has 1 aliphatic carbocycles. The molecule has 2 unspecified atom stereocenters. The van der Waals surface area contributed by atoms with Gasteiger partial charge in [0, 0.05) is 60.0 Å². The van der Waals surface area contributed by atoms with Crippen LogP contribution in [0.5, 0.6) is 11.8 Å². The SMILES string of the molecule is C#Cc1c(F)ccc2cc(O)cc(-c3c(F)cc4c(N5CC6CCC(C5)N6)nc(OCC5(CN6CCC[C@@H](C)C6)CC5)nc4c3F)c12. The highest BCUT2D eigenvalue weighted by molar-refractivity contribution is 6.04. The van der Waals surface area contributed by atoms with Crippen molar-refractivity contribution in [3.8, 4) is 35.2 Å². The summed E-state index contributed by atoms with van der Waals surface area (Å²) in [5, 5.41) is 14.9. The zero-order chi connectivity index (χ0) is 32.4. The molecule has 4 aromatic rings. The predicted molar refractivity (Wildman–Crippen MR) is 176 cm³/mol. The lowest BCUT2D eigenvalue weighted by Crippen LogP contribution is -2.51. The van der Waals surface area contributed by atoms with Crippen LogP contribution in [-0.2, 0) is 0 Å². The number of terminal acetylenes is 1. The van der Waals surface area contributed by atoms with Gasteiger partial charge in [-0.3, -0.25) is 0 Å². The van der Waals surface area contributed by atoms with Crippen molar-refractivity contribution in [3.63, 3.8) is 0 Å². The van der Waals surface area contributed by atoms with E-state index >= 15 is 8.78 Å². The molecule has 8 rings (SSSR count). The van der Waals surface area contributed by atoms with Gasteiger partial charge in [0.1, 0.15) is 28.7 Å². The molecule has 0 spiro atoms. The Balaban J connectivity index is 1.23. The van der Waals surface area contributed by atoms with E-state index in [0.717, 1.165) is 45.3 Å². The smallest absolute Gasteiger partial charge is 0.319 e. The second-order valence-corrected chi connectivity index (χ2v) is 14.2. The summed E-state index contributed by atoms with van der Waals surface area (Å²) in [4.78, 5) is 14.0. The third-order valence-electron chi connectivity index (χ3n) is 10.6. The second-order valence-electron chi connectivity index (χ2n) is 14.2.